The number of rotatable bonds is 3. The van der Waals surface area contributed by atoms with E-state index in [4.69, 9.17) is 4.74 Å². The van der Waals surface area contributed by atoms with E-state index in [9.17, 15) is 15.0 Å². The summed E-state index contributed by atoms with van der Waals surface area (Å²) in [6.45, 7) is 19.2. The molecule has 0 radical (unpaired) electrons. The third-order valence-corrected chi connectivity index (χ3v) is 13.4. The number of allylic oxidation sites excluding steroid dienone is 2. The van der Waals surface area contributed by atoms with Crippen molar-refractivity contribution < 1.29 is 19.7 Å². The van der Waals surface area contributed by atoms with Gasteiger partial charge in [0.25, 0.3) is 0 Å². The van der Waals surface area contributed by atoms with Crippen molar-refractivity contribution in [1.29, 1.82) is 0 Å². The molecule has 37 heavy (non-hydrogen) atoms. The molecular weight excluding hydrogens is 460 g/mol. The number of carbonyl (C=O) groups is 1. The molecule has 0 aliphatic heterocycles. The third-order valence-electron chi connectivity index (χ3n) is 13.4. The van der Waals surface area contributed by atoms with Gasteiger partial charge >= 0.3 is 5.97 Å². The maximum atomic E-state index is 13.7. The zero-order valence-corrected chi connectivity index (χ0v) is 25.0. The minimum absolute atomic E-state index is 0.0133. The molecule has 5 rings (SSSR count). The van der Waals surface area contributed by atoms with E-state index in [0.29, 0.717) is 24.9 Å². The van der Waals surface area contributed by atoms with Crippen molar-refractivity contribution in [3.05, 3.63) is 11.6 Å². The molecule has 4 fully saturated rings. The van der Waals surface area contributed by atoms with E-state index in [1.807, 2.05) is 0 Å². The molecule has 0 aromatic heterocycles. The van der Waals surface area contributed by atoms with Crippen molar-refractivity contribution in [3.63, 3.8) is 0 Å². The molecule has 2 N–H and O–H groups in total. The molecule has 0 spiro atoms. The summed E-state index contributed by atoms with van der Waals surface area (Å²) in [6, 6.07) is 0. The van der Waals surface area contributed by atoms with Crippen molar-refractivity contribution in [2.45, 2.75) is 132 Å². The molecule has 4 saturated carbocycles. The topological polar surface area (TPSA) is 66.8 Å². The van der Waals surface area contributed by atoms with Gasteiger partial charge in [0.05, 0.1) is 24.2 Å². The predicted octanol–water partition coefficient (Wildman–Crippen LogP) is 7.07. The molecule has 4 nitrogen and oxygen atoms in total. The third kappa shape index (κ3) is 3.63. The van der Waals surface area contributed by atoms with E-state index in [1.54, 1.807) is 5.57 Å². The maximum Gasteiger partial charge on any atom is 0.312 e. The van der Waals surface area contributed by atoms with Crippen LogP contribution in [0.5, 0.6) is 0 Å². The summed E-state index contributed by atoms with van der Waals surface area (Å²) in [7, 11) is 0. The first-order valence-electron chi connectivity index (χ1n) is 15.3. The van der Waals surface area contributed by atoms with Crippen LogP contribution in [0, 0.1) is 50.2 Å². The Balaban J connectivity index is 1.58. The molecule has 5 aliphatic rings. The molecular formula is C33H54O4. The SMILES string of the molecule is CCCOC(=O)[C@]12CCC(C)(C)C[C@H]1C1=CC[C@@H]3[C@@]4(C)C[C@@H](O)[C@H](O)C(C)(C)[C@@H]4CC[C@@]3(C)[C@]1(C)CC2. The Bertz CT molecular complexity index is 965. The number of aliphatic hydroxyl groups is 2. The fourth-order valence-electron chi connectivity index (χ4n) is 11.1. The van der Waals surface area contributed by atoms with Gasteiger partial charge in [0.1, 0.15) is 0 Å². The number of ether oxygens (including phenoxy) is 1. The van der Waals surface area contributed by atoms with Crippen LogP contribution in [-0.4, -0.2) is 35.0 Å². The van der Waals surface area contributed by atoms with E-state index in [-0.39, 0.29) is 44.4 Å². The number of esters is 1. The average Bonchev–Trinajstić information content (AvgIpc) is 2.81. The molecule has 0 bridgehead atoms. The van der Waals surface area contributed by atoms with Crippen molar-refractivity contribution in [2.24, 2.45) is 50.2 Å². The molecule has 5 aliphatic carbocycles. The van der Waals surface area contributed by atoms with Gasteiger partial charge in [0.15, 0.2) is 0 Å². The second-order valence-electron chi connectivity index (χ2n) is 16.0. The highest BCUT2D eigenvalue weighted by Crippen LogP contribution is 2.75. The quantitative estimate of drug-likeness (QED) is 0.312. The number of hydrogen-bond acceptors (Lipinski definition) is 4. The van der Waals surface area contributed by atoms with Gasteiger partial charge in [-0.3, -0.25) is 4.79 Å². The van der Waals surface area contributed by atoms with Gasteiger partial charge in [-0.15, -0.1) is 0 Å². The largest absolute Gasteiger partial charge is 0.465 e. The Morgan fingerprint density at radius 1 is 0.946 bits per heavy atom. The van der Waals surface area contributed by atoms with E-state index in [0.717, 1.165) is 57.8 Å². The minimum Gasteiger partial charge on any atom is -0.465 e. The molecule has 0 aromatic rings. The van der Waals surface area contributed by atoms with Crippen LogP contribution in [0.3, 0.4) is 0 Å². The molecule has 9 atom stereocenters. The highest BCUT2D eigenvalue weighted by molar-refractivity contribution is 5.78. The van der Waals surface area contributed by atoms with Crippen LogP contribution in [-0.2, 0) is 9.53 Å². The highest BCUT2D eigenvalue weighted by Gasteiger charge is 2.70. The molecule has 0 unspecified atom stereocenters. The standard InChI is InChI=1S/C33H54O4/c1-9-18-37-27(36)33-16-14-28(2,3)19-22(33)21-10-11-25-30(6)20-23(34)26(35)29(4,5)24(30)12-13-32(25,8)31(21,7)15-17-33/h10,22-26,34-35H,9,11-20H2,1-8H3/t22-,23+,24-,25+,26-,30-,31+,32+,33-/m0/s1. The summed E-state index contributed by atoms with van der Waals surface area (Å²) in [6.07, 6.45) is 11.1. The smallest absolute Gasteiger partial charge is 0.312 e. The summed E-state index contributed by atoms with van der Waals surface area (Å²) in [5, 5.41) is 22.0. The van der Waals surface area contributed by atoms with Gasteiger partial charge < -0.3 is 14.9 Å². The lowest BCUT2D eigenvalue weighted by atomic mass is 9.33. The van der Waals surface area contributed by atoms with Crippen LogP contribution in [0.25, 0.3) is 0 Å². The van der Waals surface area contributed by atoms with Crippen molar-refractivity contribution in [3.8, 4) is 0 Å². The van der Waals surface area contributed by atoms with E-state index < -0.39 is 12.2 Å². The van der Waals surface area contributed by atoms with E-state index in [1.165, 1.54) is 0 Å². The first kappa shape index (κ1) is 27.7. The van der Waals surface area contributed by atoms with Gasteiger partial charge in [-0.05, 0) is 109 Å². The van der Waals surface area contributed by atoms with Crippen LogP contribution in [0.2, 0.25) is 0 Å². The fourth-order valence-corrected chi connectivity index (χ4v) is 11.1. The molecule has 0 aromatic carbocycles. The van der Waals surface area contributed by atoms with E-state index in [2.05, 4.69) is 61.5 Å². The van der Waals surface area contributed by atoms with Crippen LogP contribution in [0.15, 0.2) is 11.6 Å². The van der Waals surface area contributed by atoms with Crippen LogP contribution >= 0.6 is 0 Å². The lowest BCUT2D eigenvalue weighted by Crippen LogP contribution is -2.67. The van der Waals surface area contributed by atoms with Gasteiger partial charge in [-0.25, -0.2) is 0 Å². The maximum absolute atomic E-state index is 13.7. The molecule has 0 heterocycles. The van der Waals surface area contributed by atoms with Gasteiger partial charge in [0.2, 0.25) is 0 Å². The van der Waals surface area contributed by atoms with Gasteiger partial charge in [0, 0.05) is 0 Å². The monoisotopic (exact) mass is 514 g/mol. The van der Waals surface area contributed by atoms with Crippen LogP contribution in [0.1, 0.15) is 120 Å². The van der Waals surface area contributed by atoms with Crippen LogP contribution in [0.4, 0.5) is 0 Å². The summed E-state index contributed by atoms with van der Waals surface area (Å²) in [5.41, 5.74) is 1.26. The first-order valence-corrected chi connectivity index (χ1v) is 15.3. The number of aliphatic hydroxyl groups excluding tert-OH is 2. The average molecular weight is 515 g/mol. The first-order chi connectivity index (χ1) is 17.1. The van der Waals surface area contributed by atoms with Crippen molar-refractivity contribution in [2.75, 3.05) is 6.61 Å². The second-order valence-corrected chi connectivity index (χ2v) is 16.0. The van der Waals surface area contributed by atoms with Crippen LogP contribution < -0.4 is 0 Å². The Hall–Kier alpha value is -0.870. The lowest BCUT2D eigenvalue weighted by molar-refractivity contribution is -0.232. The summed E-state index contributed by atoms with van der Waals surface area (Å²) < 4.78 is 5.92. The predicted molar refractivity (Wildman–Crippen MR) is 148 cm³/mol. The Kier molecular flexibility index (Phi) is 6.41. The summed E-state index contributed by atoms with van der Waals surface area (Å²) in [4.78, 5) is 13.7. The number of hydrogen-bond donors (Lipinski definition) is 2. The second kappa shape index (κ2) is 8.56. The fraction of sp³-hybridized carbons (Fsp3) is 0.909. The molecule has 0 saturated heterocycles. The molecule has 210 valence electrons. The van der Waals surface area contributed by atoms with E-state index >= 15 is 0 Å². The number of fused-ring (bicyclic) bond motifs is 7. The number of carbonyl (C=O) groups excluding carboxylic acids is 1. The highest BCUT2D eigenvalue weighted by atomic mass is 16.5. The van der Waals surface area contributed by atoms with Gasteiger partial charge in [-0.1, -0.05) is 67.0 Å². The Labute approximate surface area is 226 Å². The van der Waals surface area contributed by atoms with Crippen molar-refractivity contribution in [1.82, 2.24) is 0 Å². The molecule has 0 amide bonds. The lowest BCUT2D eigenvalue weighted by Gasteiger charge is -2.71. The van der Waals surface area contributed by atoms with Gasteiger partial charge in [-0.2, -0.15) is 0 Å². The molecule has 4 heteroatoms. The van der Waals surface area contributed by atoms with Crippen molar-refractivity contribution >= 4 is 5.97 Å². The zero-order valence-electron chi connectivity index (χ0n) is 25.0. The summed E-state index contributed by atoms with van der Waals surface area (Å²) in [5.74, 6) is 1.19. The zero-order chi connectivity index (χ0) is 27.2. The summed E-state index contributed by atoms with van der Waals surface area (Å²) >= 11 is 0. The minimum atomic E-state index is -0.664. The normalized spacial score (nSPS) is 50.0. The Morgan fingerprint density at radius 2 is 1.62 bits per heavy atom. The Morgan fingerprint density at radius 3 is 2.30 bits per heavy atom.